The lowest BCUT2D eigenvalue weighted by molar-refractivity contribution is -0.137. The number of carbonyl (C=O) groups excluding carboxylic acids is 1. The molecule has 4 nitrogen and oxygen atoms in total. The Morgan fingerprint density at radius 3 is 2.46 bits per heavy atom. The summed E-state index contributed by atoms with van der Waals surface area (Å²) in [4.78, 5) is 18.4. The molecule has 2 heterocycles. The van der Waals surface area contributed by atoms with E-state index in [0.717, 1.165) is 50.0 Å². The largest absolute Gasteiger partial charge is 0.417 e. The van der Waals surface area contributed by atoms with Gasteiger partial charge in [-0.25, -0.2) is 4.98 Å². The molecule has 1 fully saturated rings. The molecule has 0 bridgehead atoms. The number of likely N-dealkylation sites (tertiary alicyclic amines) is 1. The van der Waals surface area contributed by atoms with Gasteiger partial charge in [-0.05, 0) is 43.6 Å². The Balaban J connectivity index is 1.52. The van der Waals surface area contributed by atoms with Gasteiger partial charge in [-0.1, -0.05) is 42.1 Å². The normalized spacial score (nSPS) is 16.1. The molecule has 0 saturated carbocycles. The van der Waals surface area contributed by atoms with Crippen LogP contribution >= 0.6 is 11.8 Å². The number of carbonyl (C=O) groups is 1. The van der Waals surface area contributed by atoms with Gasteiger partial charge in [-0.2, -0.15) is 13.2 Å². The van der Waals surface area contributed by atoms with Crippen molar-refractivity contribution in [2.75, 3.05) is 25.4 Å². The number of halogens is 3. The molecule has 28 heavy (non-hydrogen) atoms. The first-order valence-corrected chi connectivity index (χ1v) is 10.1. The van der Waals surface area contributed by atoms with Gasteiger partial charge in [0.05, 0.1) is 22.4 Å². The van der Waals surface area contributed by atoms with Crippen molar-refractivity contribution in [2.24, 2.45) is 0 Å². The van der Waals surface area contributed by atoms with Crippen molar-refractivity contribution in [3.8, 4) is 0 Å². The SMILES string of the molecule is O=C(CSc1ccc(C(F)(F)F)cn1)NCC(c1ccccc1)N1CCCC1. The van der Waals surface area contributed by atoms with Crippen LogP contribution in [0.5, 0.6) is 0 Å². The average Bonchev–Trinajstić information content (AvgIpc) is 3.21. The van der Waals surface area contributed by atoms with Crippen molar-refractivity contribution in [3.05, 3.63) is 59.8 Å². The molecule has 8 heteroatoms. The molecule has 1 aromatic carbocycles. The lowest BCUT2D eigenvalue weighted by atomic mass is 10.1. The molecular formula is C20H22F3N3OS. The second kappa shape index (κ2) is 9.43. The monoisotopic (exact) mass is 409 g/mol. The Bertz CT molecular complexity index is 763. The summed E-state index contributed by atoms with van der Waals surface area (Å²) in [6.45, 7) is 2.53. The first-order valence-electron chi connectivity index (χ1n) is 9.15. The van der Waals surface area contributed by atoms with Gasteiger partial charge in [0.1, 0.15) is 0 Å². The van der Waals surface area contributed by atoms with Crippen molar-refractivity contribution < 1.29 is 18.0 Å². The molecule has 3 rings (SSSR count). The van der Waals surface area contributed by atoms with Crippen LogP contribution in [0.2, 0.25) is 0 Å². The van der Waals surface area contributed by atoms with E-state index in [1.807, 2.05) is 18.2 Å². The van der Waals surface area contributed by atoms with E-state index in [4.69, 9.17) is 0 Å². The molecule has 150 valence electrons. The second-order valence-corrected chi connectivity index (χ2v) is 7.64. The number of nitrogens with zero attached hydrogens (tertiary/aromatic N) is 2. The minimum atomic E-state index is -4.41. The van der Waals surface area contributed by atoms with Gasteiger partial charge < -0.3 is 5.32 Å². The zero-order valence-corrected chi connectivity index (χ0v) is 16.1. The van der Waals surface area contributed by atoms with E-state index in [0.29, 0.717) is 11.6 Å². The van der Waals surface area contributed by atoms with Gasteiger partial charge in [0.2, 0.25) is 5.91 Å². The quantitative estimate of drug-likeness (QED) is 0.698. The lowest BCUT2D eigenvalue weighted by Gasteiger charge is -2.28. The molecule has 1 aliphatic heterocycles. The van der Waals surface area contributed by atoms with E-state index >= 15 is 0 Å². The number of hydrogen-bond acceptors (Lipinski definition) is 4. The molecule has 1 atom stereocenters. The molecular weight excluding hydrogens is 387 g/mol. The smallest absolute Gasteiger partial charge is 0.353 e. The van der Waals surface area contributed by atoms with Crippen molar-refractivity contribution in [1.82, 2.24) is 15.2 Å². The lowest BCUT2D eigenvalue weighted by Crippen LogP contribution is -2.37. The average molecular weight is 409 g/mol. The van der Waals surface area contributed by atoms with E-state index < -0.39 is 11.7 Å². The number of pyridine rings is 1. The highest BCUT2D eigenvalue weighted by Crippen LogP contribution is 2.29. The molecule has 0 spiro atoms. The maximum Gasteiger partial charge on any atom is 0.417 e. The third kappa shape index (κ3) is 5.72. The van der Waals surface area contributed by atoms with Crippen LogP contribution in [0, 0.1) is 0 Å². The number of amides is 1. The first-order chi connectivity index (χ1) is 13.4. The van der Waals surface area contributed by atoms with Crippen LogP contribution in [-0.2, 0) is 11.0 Å². The Morgan fingerprint density at radius 1 is 1.14 bits per heavy atom. The van der Waals surface area contributed by atoms with Crippen molar-refractivity contribution >= 4 is 17.7 Å². The van der Waals surface area contributed by atoms with Gasteiger partial charge >= 0.3 is 6.18 Å². The van der Waals surface area contributed by atoms with E-state index in [2.05, 4.69) is 27.3 Å². The molecule has 0 aliphatic carbocycles. The fourth-order valence-corrected chi connectivity index (χ4v) is 3.89. The van der Waals surface area contributed by atoms with Crippen molar-refractivity contribution in [2.45, 2.75) is 30.1 Å². The highest BCUT2D eigenvalue weighted by molar-refractivity contribution is 7.99. The molecule has 1 aliphatic rings. The second-order valence-electron chi connectivity index (χ2n) is 6.65. The Kier molecular flexibility index (Phi) is 6.96. The summed E-state index contributed by atoms with van der Waals surface area (Å²) in [6.07, 6.45) is -1.30. The number of rotatable bonds is 7. The van der Waals surface area contributed by atoms with Gasteiger partial charge in [-0.15, -0.1) is 0 Å². The maximum absolute atomic E-state index is 12.6. The van der Waals surface area contributed by atoms with Crippen LogP contribution in [0.15, 0.2) is 53.7 Å². The molecule has 1 unspecified atom stereocenters. The molecule has 1 saturated heterocycles. The maximum atomic E-state index is 12.6. The zero-order valence-electron chi connectivity index (χ0n) is 15.3. The van der Waals surface area contributed by atoms with Crippen LogP contribution < -0.4 is 5.32 Å². The molecule has 1 amide bonds. The zero-order chi connectivity index (χ0) is 20.0. The molecule has 1 aromatic heterocycles. The van der Waals surface area contributed by atoms with Crippen LogP contribution in [0.4, 0.5) is 13.2 Å². The number of thioether (sulfide) groups is 1. The van der Waals surface area contributed by atoms with Gasteiger partial charge in [-0.3, -0.25) is 9.69 Å². The number of alkyl halides is 3. The third-order valence-corrected chi connectivity index (χ3v) is 5.62. The van der Waals surface area contributed by atoms with Crippen LogP contribution in [0.25, 0.3) is 0 Å². The topological polar surface area (TPSA) is 45.2 Å². The standard InChI is InChI=1S/C20H22F3N3OS/c21-20(22,23)16-8-9-19(25-12-16)28-14-18(27)24-13-17(26-10-4-5-11-26)15-6-2-1-3-7-15/h1-3,6-9,12,17H,4-5,10-11,13-14H2,(H,24,27). The Hall–Kier alpha value is -2.06. The highest BCUT2D eigenvalue weighted by atomic mass is 32.2. The van der Waals surface area contributed by atoms with E-state index in [1.54, 1.807) is 0 Å². The van der Waals surface area contributed by atoms with Gasteiger partial charge in [0, 0.05) is 12.7 Å². The summed E-state index contributed by atoms with van der Waals surface area (Å²) in [6, 6.07) is 12.5. The Labute approximate surface area is 166 Å². The number of nitrogens with one attached hydrogen (secondary N) is 1. The number of hydrogen-bond donors (Lipinski definition) is 1. The van der Waals surface area contributed by atoms with Gasteiger partial charge in [0.25, 0.3) is 0 Å². The summed E-state index contributed by atoms with van der Waals surface area (Å²) in [5, 5.41) is 3.35. The molecule has 0 radical (unpaired) electrons. The number of aromatic nitrogens is 1. The predicted molar refractivity (Wildman–Crippen MR) is 103 cm³/mol. The predicted octanol–water partition coefficient (Wildman–Crippen LogP) is 4.15. The van der Waals surface area contributed by atoms with Crippen LogP contribution in [0.1, 0.15) is 30.0 Å². The van der Waals surface area contributed by atoms with E-state index in [1.165, 1.54) is 11.6 Å². The van der Waals surface area contributed by atoms with Crippen molar-refractivity contribution in [1.29, 1.82) is 0 Å². The summed E-state index contributed by atoms with van der Waals surface area (Å²) >= 11 is 1.12. The molecule has 1 N–H and O–H groups in total. The highest BCUT2D eigenvalue weighted by Gasteiger charge is 2.30. The minimum Gasteiger partial charge on any atom is -0.353 e. The van der Waals surface area contributed by atoms with E-state index in [9.17, 15) is 18.0 Å². The number of benzene rings is 1. The summed E-state index contributed by atoms with van der Waals surface area (Å²) < 4.78 is 37.7. The molecule has 2 aromatic rings. The van der Waals surface area contributed by atoms with Crippen molar-refractivity contribution in [3.63, 3.8) is 0 Å². The van der Waals surface area contributed by atoms with Gasteiger partial charge in [0.15, 0.2) is 0 Å². The summed E-state index contributed by atoms with van der Waals surface area (Å²) in [5.74, 6) is -0.0494. The van der Waals surface area contributed by atoms with Crippen LogP contribution in [-0.4, -0.2) is 41.2 Å². The minimum absolute atomic E-state index is 0.111. The third-order valence-electron chi connectivity index (χ3n) is 4.67. The Morgan fingerprint density at radius 2 is 1.86 bits per heavy atom. The first kappa shape index (κ1) is 20.7. The summed E-state index contributed by atoms with van der Waals surface area (Å²) in [5.41, 5.74) is 0.374. The van der Waals surface area contributed by atoms with Crippen LogP contribution in [0.3, 0.4) is 0 Å². The fraction of sp³-hybridized carbons (Fsp3) is 0.400. The van der Waals surface area contributed by atoms with E-state index in [-0.39, 0.29) is 17.7 Å². The fourth-order valence-electron chi connectivity index (χ4n) is 3.22. The summed E-state index contributed by atoms with van der Waals surface area (Å²) in [7, 11) is 0.